The average Bonchev–Trinajstić information content (AvgIpc) is 2.75. The Labute approximate surface area is 189 Å². The summed E-state index contributed by atoms with van der Waals surface area (Å²) < 4.78 is 0. The quantitative estimate of drug-likeness (QED) is 0.616. The van der Waals surface area contributed by atoms with Crippen molar-refractivity contribution in [3.8, 4) is 0 Å². The van der Waals surface area contributed by atoms with Gasteiger partial charge in [0.05, 0.1) is 6.04 Å². The molecule has 1 aliphatic carbocycles. The molecule has 2 aromatic carbocycles. The largest absolute Gasteiger partial charge is 0.349 e. The molecule has 1 heterocycles. The Bertz CT molecular complexity index is 906. The number of likely N-dealkylation sites (tertiary alicyclic amines) is 1. The summed E-state index contributed by atoms with van der Waals surface area (Å²) in [6.07, 6.45) is 6.69. The van der Waals surface area contributed by atoms with E-state index in [0.717, 1.165) is 38.0 Å². The van der Waals surface area contributed by atoms with Gasteiger partial charge in [-0.25, -0.2) is 0 Å². The summed E-state index contributed by atoms with van der Waals surface area (Å²) in [5.41, 5.74) is 5.26. The minimum Gasteiger partial charge on any atom is -0.349 e. The van der Waals surface area contributed by atoms with Gasteiger partial charge in [-0.1, -0.05) is 47.5 Å². The number of carbonyl (C=O) groups excluding carboxylic acids is 1. The van der Waals surface area contributed by atoms with Crippen molar-refractivity contribution >= 4 is 29.1 Å². The molecule has 30 heavy (non-hydrogen) atoms. The van der Waals surface area contributed by atoms with Crippen molar-refractivity contribution in [2.45, 2.75) is 58.0 Å². The van der Waals surface area contributed by atoms with Crippen LogP contribution in [0, 0.1) is 5.92 Å². The number of hydrogen-bond donors (Lipinski definition) is 1. The molecule has 4 rings (SSSR count). The molecular weight excluding hydrogens is 415 g/mol. The second-order valence-corrected chi connectivity index (χ2v) is 9.60. The van der Waals surface area contributed by atoms with Crippen LogP contribution in [0.4, 0.5) is 0 Å². The van der Waals surface area contributed by atoms with Gasteiger partial charge in [-0.3, -0.25) is 9.69 Å². The number of hydrogen-bond acceptors (Lipinski definition) is 2. The fraction of sp³-hybridized carbons (Fsp3) is 0.480. The number of aryl methyl sites for hydroxylation is 2. The highest BCUT2D eigenvalue weighted by Crippen LogP contribution is 2.27. The minimum absolute atomic E-state index is 0.0515. The molecule has 0 aromatic heterocycles. The molecule has 0 unspecified atom stereocenters. The second-order valence-electron chi connectivity index (χ2n) is 8.75. The maximum Gasteiger partial charge on any atom is 0.223 e. The van der Waals surface area contributed by atoms with Crippen molar-refractivity contribution in [1.29, 1.82) is 0 Å². The molecular formula is C25H30Cl2N2O. The van der Waals surface area contributed by atoms with E-state index >= 15 is 0 Å². The molecule has 1 saturated heterocycles. The molecule has 0 bridgehead atoms. The van der Waals surface area contributed by atoms with Crippen molar-refractivity contribution in [1.82, 2.24) is 10.2 Å². The van der Waals surface area contributed by atoms with Gasteiger partial charge in [0.2, 0.25) is 5.91 Å². The minimum atomic E-state index is 0.0515. The van der Waals surface area contributed by atoms with Crippen LogP contribution in [-0.4, -0.2) is 23.9 Å². The zero-order valence-corrected chi connectivity index (χ0v) is 19.1. The summed E-state index contributed by atoms with van der Waals surface area (Å²) in [5, 5.41) is 4.63. The van der Waals surface area contributed by atoms with Crippen molar-refractivity contribution in [2.24, 2.45) is 5.92 Å². The molecule has 0 radical (unpaired) electrons. The van der Waals surface area contributed by atoms with Gasteiger partial charge in [-0.05, 0) is 92.9 Å². The van der Waals surface area contributed by atoms with E-state index in [-0.39, 0.29) is 17.9 Å². The summed E-state index contributed by atoms with van der Waals surface area (Å²) in [7, 11) is 0. The Kier molecular flexibility index (Phi) is 7.02. The second kappa shape index (κ2) is 9.72. The van der Waals surface area contributed by atoms with Gasteiger partial charge in [0.1, 0.15) is 0 Å². The van der Waals surface area contributed by atoms with E-state index in [9.17, 15) is 4.79 Å². The number of fused-ring (bicyclic) bond motifs is 1. The van der Waals surface area contributed by atoms with Gasteiger partial charge in [-0.2, -0.15) is 0 Å². The monoisotopic (exact) mass is 444 g/mol. The van der Waals surface area contributed by atoms with Gasteiger partial charge >= 0.3 is 0 Å². The van der Waals surface area contributed by atoms with Gasteiger partial charge in [0.15, 0.2) is 0 Å². The smallest absolute Gasteiger partial charge is 0.223 e. The standard InChI is InChI=1S/C25H30Cl2N2O/c1-17(20-7-6-18-4-2-3-5-21(18)14-20)28-25(30)19-10-12-29(13-11-19)16-22-8-9-23(26)15-24(22)27/h6-9,14-15,17,19H,2-5,10-13,16H2,1H3,(H,28,30)/t17-/m0/s1. The van der Waals surface area contributed by atoms with Gasteiger partial charge in [0.25, 0.3) is 0 Å². The number of rotatable bonds is 5. The first-order valence-corrected chi connectivity index (χ1v) is 11.8. The zero-order valence-electron chi connectivity index (χ0n) is 17.6. The number of carbonyl (C=O) groups is 1. The first-order valence-electron chi connectivity index (χ1n) is 11.1. The van der Waals surface area contributed by atoms with Gasteiger partial charge in [-0.15, -0.1) is 0 Å². The van der Waals surface area contributed by atoms with E-state index in [1.165, 1.54) is 42.4 Å². The number of piperidine rings is 1. The molecule has 3 nitrogen and oxygen atoms in total. The normalized spacial score (nSPS) is 18.6. The first-order chi connectivity index (χ1) is 14.5. The summed E-state index contributed by atoms with van der Waals surface area (Å²) in [6, 6.07) is 12.5. The highest BCUT2D eigenvalue weighted by atomic mass is 35.5. The lowest BCUT2D eigenvalue weighted by atomic mass is 9.89. The molecule has 1 aliphatic heterocycles. The fourth-order valence-electron chi connectivity index (χ4n) is 4.68. The molecule has 0 saturated carbocycles. The topological polar surface area (TPSA) is 32.3 Å². The molecule has 1 atom stereocenters. The van der Waals surface area contributed by atoms with Gasteiger partial charge < -0.3 is 5.32 Å². The lowest BCUT2D eigenvalue weighted by Crippen LogP contribution is -2.41. The predicted octanol–water partition coefficient (Wildman–Crippen LogP) is 5.96. The molecule has 1 fully saturated rings. The molecule has 5 heteroatoms. The summed E-state index contributed by atoms with van der Waals surface area (Å²) in [4.78, 5) is 15.2. The SMILES string of the molecule is C[C@H](NC(=O)C1CCN(Cc2ccc(Cl)cc2Cl)CC1)c1ccc2c(c1)CCCC2. The highest BCUT2D eigenvalue weighted by molar-refractivity contribution is 6.35. The van der Waals surface area contributed by atoms with E-state index in [2.05, 4.69) is 35.3 Å². The van der Waals surface area contributed by atoms with Crippen LogP contribution in [0.25, 0.3) is 0 Å². The van der Waals surface area contributed by atoms with Crippen molar-refractivity contribution in [3.63, 3.8) is 0 Å². The zero-order chi connectivity index (χ0) is 21.1. The lowest BCUT2D eigenvalue weighted by molar-refractivity contribution is -0.127. The highest BCUT2D eigenvalue weighted by Gasteiger charge is 2.26. The molecule has 160 valence electrons. The maximum atomic E-state index is 12.9. The van der Waals surface area contributed by atoms with Crippen LogP contribution in [-0.2, 0) is 24.2 Å². The molecule has 2 aliphatic rings. The van der Waals surface area contributed by atoms with Crippen LogP contribution in [0.5, 0.6) is 0 Å². The predicted molar refractivity (Wildman–Crippen MR) is 124 cm³/mol. The third-order valence-electron chi connectivity index (χ3n) is 6.60. The van der Waals surface area contributed by atoms with Crippen LogP contribution in [0.15, 0.2) is 36.4 Å². The third kappa shape index (κ3) is 5.19. The Morgan fingerprint density at radius 3 is 2.53 bits per heavy atom. The van der Waals surface area contributed by atoms with Crippen LogP contribution in [0.2, 0.25) is 10.0 Å². The fourth-order valence-corrected chi connectivity index (χ4v) is 5.15. The molecule has 2 aromatic rings. The summed E-state index contributed by atoms with van der Waals surface area (Å²) in [5.74, 6) is 0.270. The van der Waals surface area contributed by atoms with E-state index in [4.69, 9.17) is 23.2 Å². The van der Waals surface area contributed by atoms with Crippen LogP contribution < -0.4 is 5.32 Å². The van der Waals surface area contributed by atoms with Crippen LogP contribution >= 0.6 is 23.2 Å². The number of nitrogens with one attached hydrogen (secondary N) is 1. The molecule has 1 N–H and O–H groups in total. The van der Waals surface area contributed by atoms with Crippen molar-refractivity contribution in [2.75, 3.05) is 13.1 Å². The Morgan fingerprint density at radius 2 is 1.80 bits per heavy atom. The molecule has 0 spiro atoms. The van der Waals surface area contributed by atoms with E-state index in [0.29, 0.717) is 10.0 Å². The Hall–Kier alpha value is -1.55. The van der Waals surface area contributed by atoms with E-state index in [1.54, 1.807) is 6.07 Å². The van der Waals surface area contributed by atoms with Crippen LogP contribution in [0.3, 0.4) is 0 Å². The Morgan fingerprint density at radius 1 is 1.07 bits per heavy atom. The van der Waals surface area contributed by atoms with Crippen molar-refractivity contribution < 1.29 is 4.79 Å². The lowest BCUT2D eigenvalue weighted by Gasteiger charge is -2.32. The number of halogens is 2. The Balaban J connectivity index is 1.29. The van der Waals surface area contributed by atoms with Crippen LogP contribution in [0.1, 0.15) is 60.9 Å². The molecule has 1 amide bonds. The first kappa shape index (κ1) is 21.7. The third-order valence-corrected chi connectivity index (χ3v) is 7.19. The number of nitrogens with zero attached hydrogens (tertiary/aromatic N) is 1. The summed E-state index contributed by atoms with van der Waals surface area (Å²) in [6.45, 7) is 4.71. The van der Waals surface area contributed by atoms with Crippen molar-refractivity contribution in [3.05, 3.63) is 68.7 Å². The number of amides is 1. The average molecular weight is 445 g/mol. The summed E-state index contributed by atoms with van der Waals surface area (Å²) >= 11 is 12.3. The van der Waals surface area contributed by atoms with E-state index < -0.39 is 0 Å². The van der Waals surface area contributed by atoms with Gasteiger partial charge in [0, 0.05) is 22.5 Å². The maximum absolute atomic E-state index is 12.9. The van der Waals surface area contributed by atoms with E-state index in [1.807, 2.05) is 12.1 Å². The number of benzene rings is 2.